The normalized spacial score (nSPS) is 17.8. The highest BCUT2D eigenvalue weighted by atomic mass is 35.5. The lowest BCUT2D eigenvalue weighted by Gasteiger charge is -2.31. The first-order valence-electron chi connectivity index (χ1n) is 7.20. The number of ether oxygens (including phenoxy) is 1. The second-order valence-corrected chi connectivity index (χ2v) is 6.92. The van der Waals surface area contributed by atoms with Crippen molar-refractivity contribution < 1.29 is 9.53 Å². The van der Waals surface area contributed by atoms with E-state index in [2.05, 4.69) is 10.6 Å². The Morgan fingerprint density at radius 3 is 2.52 bits per heavy atom. The first-order chi connectivity index (χ1) is 10.8. The van der Waals surface area contributed by atoms with Crippen molar-refractivity contribution >= 4 is 46.5 Å². The summed E-state index contributed by atoms with van der Waals surface area (Å²) >= 11 is 17.8. The van der Waals surface area contributed by atoms with Crippen LogP contribution in [0.3, 0.4) is 0 Å². The molecule has 0 spiro atoms. The molecule has 124 valence electrons. The van der Waals surface area contributed by atoms with Gasteiger partial charge in [-0.05, 0) is 37.2 Å². The lowest BCUT2D eigenvalue weighted by Crippen LogP contribution is -2.45. The number of hydrogen-bond donors (Lipinski definition) is 2. The molecule has 0 radical (unpaired) electrons. The van der Waals surface area contributed by atoms with Gasteiger partial charge in [0.1, 0.15) is 0 Å². The summed E-state index contributed by atoms with van der Waals surface area (Å²) in [7, 11) is 0. The first kappa shape index (κ1) is 18.0. The zero-order valence-corrected chi connectivity index (χ0v) is 15.4. The fraction of sp³-hybridized carbons (Fsp3) is 0.375. The number of carbonyl (C=O) groups is 1. The molecule has 7 heteroatoms. The summed E-state index contributed by atoms with van der Waals surface area (Å²) in [5.41, 5.74) is 1.66. The monoisotopic (exact) mass is 372 g/mol. The second kappa shape index (κ2) is 7.51. The van der Waals surface area contributed by atoms with Gasteiger partial charge in [-0.25, -0.2) is 4.79 Å². The standard InChI is InChI=1S/C16H18Cl2N2O2S/c1-8(2)7-22-15(21)12-9(3)19-16(23)20-14(12)13-10(17)5-4-6-11(13)18/h4-6,8,14H,7H2,1-3H3,(H2,19,20,23)/t14-/m0/s1. The number of thiocarbonyl (C=S) groups is 1. The SMILES string of the molecule is CC1=C(C(=O)OCC(C)C)[C@@H](c2c(Cl)cccc2Cl)NC(=S)N1. The van der Waals surface area contributed by atoms with Crippen LogP contribution in [0.25, 0.3) is 0 Å². The van der Waals surface area contributed by atoms with Crippen LogP contribution in [0.5, 0.6) is 0 Å². The van der Waals surface area contributed by atoms with Crippen LogP contribution in [0.2, 0.25) is 10.0 Å². The zero-order valence-electron chi connectivity index (χ0n) is 13.1. The molecule has 0 fully saturated rings. The van der Waals surface area contributed by atoms with E-state index in [0.29, 0.717) is 38.6 Å². The maximum atomic E-state index is 12.5. The smallest absolute Gasteiger partial charge is 0.338 e. The molecule has 0 unspecified atom stereocenters. The van der Waals surface area contributed by atoms with Gasteiger partial charge < -0.3 is 15.4 Å². The van der Waals surface area contributed by atoms with Crippen LogP contribution >= 0.6 is 35.4 Å². The van der Waals surface area contributed by atoms with Gasteiger partial charge in [-0.15, -0.1) is 0 Å². The quantitative estimate of drug-likeness (QED) is 0.618. The highest BCUT2D eigenvalue weighted by Gasteiger charge is 2.33. The predicted octanol–water partition coefficient (Wildman–Crippen LogP) is 3.99. The van der Waals surface area contributed by atoms with Gasteiger partial charge in [0, 0.05) is 21.3 Å². The summed E-state index contributed by atoms with van der Waals surface area (Å²) in [6, 6.07) is 4.65. The molecule has 1 aliphatic rings. The Morgan fingerprint density at radius 2 is 1.96 bits per heavy atom. The van der Waals surface area contributed by atoms with Crippen LogP contribution in [0.4, 0.5) is 0 Å². The minimum Gasteiger partial charge on any atom is -0.462 e. The highest BCUT2D eigenvalue weighted by molar-refractivity contribution is 7.80. The molecule has 0 saturated carbocycles. The molecule has 4 nitrogen and oxygen atoms in total. The van der Waals surface area contributed by atoms with E-state index in [1.54, 1.807) is 25.1 Å². The summed E-state index contributed by atoms with van der Waals surface area (Å²) in [5, 5.41) is 7.33. The van der Waals surface area contributed by atoms with Crippen molar-refractivity contribution in [1.82, 2.24) is 10.6 Å². The molecular formula is C16H18Cl2N2O2S. The molecule has 1 aliphatic heterocycles. The third-order valence-electron chi connectivity index (χ3n) is 3.33. The highest BCUT2D eigenvalue weighted by Crippen LogP contribution is 2.36. The van der Waals surface area contributed by atoms with E-state index in [0.717, 1.165) is 0 Å². The molecule has 1 aromatic carbocycles. The van der Waals surface area contributed by atoms with Gasteiger partial charge in [0.2, 0.25) is 0 Å². The Balaban J connectivity index is 2.44. The number of esters is 1. The van der Waals surface area contributed by atoms with Crippen LogP contribution in [-0.2, 0) is 9.53 Å². The maximum Gasteiger partial charge on any atom is 0.338 e. The van der Waals surface area contributed by atoms with Crippen molar-refractivity contribution in [3.05, 3.63) is 45.1 Å². The molecule has 1 aromatic rings. The zero-order chi connectivity index (χ0) is 17.1. The Kier molecular flexibility index (Phi) is 5.89. The first-order valence-corrected chi connectivity index (χ1v) is 8.37. The van der Waals surface area contributed by atoms with Gasteiger partial charge in [0.15, 0.2) is 5.11 Å². The molecular weight excluding hydrogens is 355 g/mol. The number of carbonyl (C=O) groups excluding carboxylic acids is 1. The minimum atomic E-state index is -0.551. The lowest BCUT2D eigenvalue weighted by atomic mass is 9.95. The number of rotatable bonds is 4. The van der Waals surface area contributed by atoms with Crippen molar-refractivity contribution in [2.24, 2.45) is 5.92 Å². The van der Waals surface area contributed by atoms with Crippen LogP contribution in [-0.4, -0.2) is 17.7 Å². The molecule has 23 heavy (non-hydrogen) atoms. The molecule has 1 heterocycles. The van der Waals surface area contributed by atoms with Gasteiger partial charge >= 0.3 is 5.97 Å². The molecule has 2 rings (SSSR count). The van der Waals surface area contributed by atoms with Crippen LogP contribution in [0, 0.1) is 5.92 Å². The average Bonchev–Trinajstić information content (AvgIpc) is 2.44. The average molecular weight is 373 g/mol. The van der Waals surface area contributed by atoms with Gasteiger partial charge in [-0.2, -0.15) is 0 Å². The molecule has 0 aromatic heterocycles. The number of benzene rings is 1. The molecule has 0 saturated heterocycles. The van der Waals surface area contributed by atoms with Crippen LogP contribution < -0.4 is 10.6 Å². The van der Waals surface area contributed by atoms with Crippen molar-refractivity contribution in [2.45, 2.75) is 26.8 Å². The van der Waals surface area contributed by atoms with Gasteiger partial charge in [-0.1, -0.05) is 43.1 Å². The summed E-state index contributed by atoms with van der Waals surface area (Å²) in [6.07, 6.45) is 0. The Hall–Kier alpha value is -1.30. The van der Waals surface area contributed by atoms with E-state index in [1.807, 2.05) is 13.8 Å². The summed E-state index contributed by atoms with van der Waals surface area (Å²) in [6.45, 7) is 6.06. The van der Waals surface area contributed by atoms with Crippen molar-refractivity contribution in [3.8, 4) is 0 Å². The largest absolute Gasteiger partial charge is 0.462 e. The summed E-state index contributed by atoms with van der Waals surface area (Å²) in [4.78, 5) is 12.5. The fourth-order valence-electron chi connectivity index (χ4n) is 2.29. The number of halogens is 2. The van der Waals surface area contributed by atoms with Crippen molar-refractivity contribution in [1.29, 1.82) is 0 Å². The number of hydrogen-bond acceptors (Lipinski definition) is 3. The molecule has 1 atom stereocenters. The number of nitrogens with one attached hydrogen (secondary N) is 2. The lowest BCUT2D eigenvalue weighted by molar-refractivity contribution is -0.140. The van der Waals surface area contributed by atoms with Crippen molar-refractivity contribution in [3.63, 3.8) is 0 Å². The topological polar surface area (TPSA) is 50.4 Å². The van der Waals surface area contributed by atoms with E-state index in [-0.39, 0.29) is 5.92 Å². The third-order valence-corrected chi connectivity index (χ3v) is 4.20. The Bertz CT molecular complexity index is 654. The van der Waals surface area contributed by atoms with Crippen molar-refractivity contribution in [2.75, 3.05) is 6.61 Å². The van der Waals surface area contributed by atoms with E-state index >= 15 is 0 Å². The molecule has 2 N–H and O–H groups in total. The van der Waals surface area contributed by atoms with Gasteiger partial charge in [-0.3, -0.25) is 0 Å². The van der Waals surface area contributed by atoms with Gasteiger partial charge in [0.05, 0.1) is 18.2 Å². The number of allylic oxidation sites excluding steroid dienone is 1. The fourth-order valence-corrected chi connectivity index (χ4v) is 3.17. The van der Waals surface area contributed by atoms with Crippen LogP contribution in [0.15, 0.2) is 29.5 Å². The van der Waals surface area contributed by atoms with E-state index < -0.39 is 12.0 Å². The predicted molar refractivity (Wildman–Crippen MR) is 96.6 cm³/mol. The van der Waals surface area contributed by atoms with Crippen LogP contribution in [0.1, 0.15) is 32.4 Å². The summed E-state index contributed by atoms with van der Waals surface area (Å²) < 4.78 is 5.37. The molecule has 0 bridgehead atoms. The Labute approximate surface area is 151 Å². The van der Waals surface area contributed by atoms with E-state index in [1.165, 1.54) is 0 Å². The summed E-state index contributed by atoms with van der Waals surface area (Å²) in [5.74, 6) is -0.174. The van der Waals surface area contributed by atoms with E-state index in [9.17, 15) is 4.79 Å². The van der Waals surface area contributed by atoms with E-state index in [4.69, 9.17) is 40.2 Å². The maximum absolute atomic E-state index is 12.5. The molecule has 0 aliphatic carbocycles. The third kappa shape index (κ3) is 4.16. The Morgan fingerprint density at radius 1 is 1.35 bits per heavy atom. The molecule has 0 amide bonds. The second-order valence-electron chi connectivity index (χ2n) is 5.70. The van der Waals surface area contributed by atoms with Gasteiger partial charge in [0.25, 0.3) is 0 Å². The minimum absolute atomic E-state index is 0.243.